The molecule has 0 saturated heterocycles. The van der Waals surface area contributed by atoms with Gasteiger partial charge in [-0.05, 0) is 61.0 Å². The lowest BCUT2D eigenvalue weighted by Gasteiger charge is -2.24. The van der Waals surface area contributed by atoms with Crippen molar-refractivity contribution in [1.82, 2.24) is 5.43 Å². The Hall–Kier alpha value is -4.29. The summed E-state index contributed by atoms with van der Waals surface area (Å²) < 4.78 is 47.8. The lowest BCUT2D eigenvalue weighted by Crippen LogP contribution is -2.39. The Labute approximate surface area is 230 Å². The molecular weight excluding hydrogens is 550 g/mol. The fourth-order valence-electron chi connectivity index (χ4n) is 3.29. The quantitative estimate of drug-likeness (QED) is 0.165. The summed E-state index contributed by atoms with van der Waals surface area (Å²) in [7, 11) is -0.158. The molecule has 0 unspecified atom stereocenters. The Bertz CT molecular complexity index is 1480. The zero-order chi connectivity index (χ0) is 28.6. The summed E-state index contributed by atoms with van der Waals surface area (Å²) in [6, 6.07) is 15.2. The van der Waals surface area contributed by atoms with Crippen LogP contribution in [0.15, 0.2) is 70.7 Å². The fraction of sp³-hybridized carbons (Fsp3) is 0.192. The third kappa shape index (κ3) is 7.39. The number of sulfonamides is 1. The number of anilines is 1. The van der Waals surface area contributed by atoms with Crippen LogP contribution in [0.2, 0.25) is 5.02 Å². The van der Waals surface area contributed by atoms with Crippen molar-refractivity contribution in [1.29, 1.82) is 0 Å². The molecule has 0 spiro atoms. The highest BCUT2D eigenvalue weighted by molar-refractivity contribution is 7.92. The van der Waals surface area contributed by atoms with Crippen molar-refractivity contribution in [2.24, 2.45) is 5.10 Å². The second-order valence-electron chi connectivity index (χ2n) is 7.90. The van der Waals surface area contributed by atoms with Gasteiger partial charge in [0.2, 0.25) is 0 Å². The summed E-state index contributed by atoms with van der Waals surface area (Å²) >= 11 is 6.23. The fourth-order valence-corrected chi connectivity index (χ4v) is 4.95. The van der Waals surface area contributed by atoms with E-state index in [1.165, 1.54) is 70.0 Å². The predicted molar refractivity (Wildman–Crippen MR) is 145 cm³/mol. The molecule has 0 bridgehead atoms. The van der Waals surface area contributed by atoms with Gasteiger partial charge in [-0.25, -0.2) is 18.6 Å². The van der Waals surface area contributed by atoms with Gasteiger partial charge in [-0.3, -0.25) is 9.10 Å². The van der Waals surface area contributed by atoms with E-state index in [4.69, 9.17) is 25.8 Å². The number of ether oxygens (including phenoxy) is 4. The minimum Gasteiger partial charge on any atom is -0.495 e. The van der Waals surface area contributed by atoms with Gasteiger partial charge in [0.05, 0.1) is 43.1 Å². The van der Waals surface area contributed by atoms with Crippen LogP contribution in [0, 0.1) is 6.92 Å². The van der Waals surface area contributed by atoms with Gasteiger partial charge in [-0.15, -0.1) is 0 Å². The Morgan fingerprint density at radius 1 is 0.949 bits per heavy atom. The monoisotopic (exact) mass is 575 g/mol. The van der Waals surface area contributed by atoms with Crippen LogP contribution >= 0.6 is 11.6 Å². The third-order valence-corrected chi connectivity index (χ3v) is 7.35. The maximum absolute atomic E-state index is 13.5. The second kappa shape index (κ2) is 13.0. The van der Waals surface area contributed by atoms with E-state index in [0.29, 0.717) is 11.3 Å². The van der Waals surface area contributed by atoms with Crippen LogP contribution in [0.3, 0.4) is 0 Å². The van der Waals surface area contributed by atoms with Gasteiger partial charge in [-0.1, -0.05) is 29.3 Å². The van der Waals surface area contributed by atoms with Crippen molar-refractivity contribution in [3.63, 3.8) is 0 Å². The van der Waals surface area contributed by atoms with Gasteiger partial charge in [0, 0.05) is 0 Å². The van der Waals surface area contributed by atoms with Crippen LogP contribution in [0.1, 0.15) is 11.1 Å². The van der Waals surface area contributed by atoms with Crippen molar-refractivity contribution in [2.45, 2.75) is 11.8 Å². The van der Waals surface area contributed by atoms with Crippen molar-refractivity contribution in [3.05, 3.63) is 76.8 Å². The summed E-state index contributed by atoms with van der Waals surface area (Å²) in [5.74, 6) is -0.0184. The van der Waals surface area contributed by atoms with Crippen LogP contribution in [0.4, 0.5) is 10.5 Å². The topological polar surface area (TPSA) is 133 Å². The number of rotatable bonds is 10. The van der Waals surface area contributed by atoms with E-state index >= 15 is 0 Å². The van der Waals surface area contributed by atoms with E-state index in [1.807, 2.05) is 6.92 Å². The SMILES string of the molecule is COC(=O)Oc1ccc(/C=N\NC(=O)CN(c2ccc(OC)c(Cl)c2)S(=O)(=O)c2ccc(C)cc2)cc1OC. The smallest absolute Gasteiger partial charge is 0.495 e. The van der Waals surface area contributed by atoms with Crippen molar-refractivity contribution >= 4 is 45.6 Å². The molecule has 1 N–H and O–H groups in total. The average molecular weight is 576 g/mol. The Balaban J connectivity index is 1.82. The van der Waals surface area contributed by atoms with Gasteiger partial charge in [-0.2, -0.15) is 5.10 Å². The Kier molecular flexibility index (Phi) is 9.74. The molecule has 206 valence electrons. The number of hydrogen-bond acceptors (Lipinski definition) is 9. The zero-order valence-corrected chi connectivity index (χ0v) is 23.1. The maximum Gasteiger partial charge on any atom is 0.513 e. The molecule has 0 radical (unpaired) electrons. The first-order chi connectivity index (χ1) is 18.6. The first kappa shape index (κ1) is 29.3. The van der Waals surface area contributed by atoms with Gasteiger partial charge in [0.25, 0.3) is 15.9 Å². The van der Waals surface area contributed by atoms with Gasteiger partial charge < -0.3 is 18.9 Å². The molecular formula is C26H26ClN3O8S. The van der Waals surface area contributed by atoms with E-state index < -0.39 is 28.6 Å². The van der Waals surface area contributed by atoms with Gasteiger partial charge >= 0.3 is 6.16 Å². The van der Waals surface area contributed by atoms with Gasteiger partial charge in [0.15, 0.2) is 11.5 Å². The van der Waals surface area contributed by atoms with E-state index in [0.717, 1.165) is 9.87 Å². The molecule has 0 aromatic heterocycles. The number of hydrazone groups is 1. The number of aryl methyl sites for hydroxylation is 1. The molecule has 0 saturated carbocycles. The number of nitrogens with one attached hydrogen (secondary N) is 1. The number of amides is 1. The molecule has 39 heavy (non-hydrogen) atoms. The number of carbonyl (C=O) groups is 2. The molecule has 3 rings (SSSR count). The van der Waals surface area contributed by atoms with Gasteiger partial charge in [0.1, 0.15) is 12.3 Å². The van der Waals surface area contributed by atoms with Crippen molar-refractivity contribution < 1.29 is 37.0 Å². The van der Waals surface area contributed by atoms with E-state index in [2.05, 4.69) is 15.3 Å². The molecule has 0 aliphatic rings. The van der Waals surface area contributed by atoms with E-state index in [1.54, 1.807) is 18.2 Å². The molecule has 11 nitrogen and oxygen atoms in total. The number of nitrogens with zero attached hydrogens (tertiary/aromatic N) is 2. The summed E-state index contributed by atoms with van der Waals surface area (Å²) in [4.78, 5) is 24.2. The van der Waals surface area contributed by atoms with E-state index in [9.17, 15) is 18.0 Å². The highest BCUT2D eigenvalue weighted by atomic mass is 35.5. The first-order valence-electron chi connectivity index (χ1n) is 11.3. The van der Waals surface area contributed by atoms with Crippen LogP contribution in [-0.4, -0.2) is 54.6 Å². The van der Waals surface area contributed by atoms with Crippen LogP contribution < -0.4 is 23.9 Å². The molecule has 13 heteroatoms. The standard InChI is InChI=1S/C26H26ClN3O8S/c1-17-5-9-20(10-6-17)39(33,34)30(19-8-12-22(35-2)21(27)14-19)16-25(31)29-28-15-18-7-11-23(24(13-18)36-3)38-26(32)37-4/h5-15H,16H2,1-4H3,(H,29,31)/b28-15-. The molecule has 0 aliphatic carbocycles. The minimum atomic E-state index is -4.15. The first-order valence-corrected chi connectivity index (χ1v) is 13.1. The molecule has 3 aromatic carbocycles. The number of hydrogen-bond donors (Lipinski definition) is 1. The second-order valence-corrected chi connectivity index (χ2v) is 10.2. The molecule has 0 aliphatic heterocycles. The molecule has 3 aromatic rings. The molecule has 0 atom stereocenters. The molecule has 0 fully saturated rings. The molecule has 1 amide bonds. The third-order valence-electron chi connectivity index (χ3n) is 5.27. The normalized spacial score (nSPS) is 11.1. The lowest BCUT2D eigenvalue weighted by molar-refractivity contribution is -0.119. The van der Waals surface area contributed by atoms with E-state index in [-0.39, 0.29) is 27.1 Å². The zero-order valence-electron chi connectivity index (χ0n) is 21.5. The lowest BCUT2D eigenvalue weighted by atomic mass is 10.2. The highest BCUT2D eigenvalue weighted by Gasteiger charge is 2.28. The molecule has 0 heterocycles. The highest BCUT2D eigenvalue weighted by Crippen LogP contribution is 2.32. The van der Waals surface area contributed by atoms with Crippen LogP contribution in [-0.2, 0) is 19.6 Å². The average Bonchev–Trinajstić information content (AvgIpc) is 2.92. The summed E-state index contributed by atoms with van der Waals surface area (Å²) in [5.41, 5.74) is 3.85. The number of methoxy groups -OCH3 is 3. The maximum atomic E-state index is 13.5. The number of carbonyl (C=O) groups excluding carboxylic acids is 2. The summed E-state index contributed by atoms with van der Waals surface area (Å²) in [5, 5.41) is 4.07. The Morgan fingerprint density at radius 2 is 1.62 bits per heavy atom. The predicted octanol–water partition coefficient (Wildman–Crippen LogP) is 4.16. The van der Waals surface area contributed by atoms with Crippen LogP contribution in [0.5, 0.6) is 17.2 Å². The number of benzene rings is 3. The summed E-state index contributed by atoms with van der Waals surface area (Å²) in [6.45, 7) is 1.24. The van der Waals surface area contributed by atoms with Crippen LogP contribution in [0.25, 0.3) is 0 Å². The summed E-state index contributed by atoms with van der Waals surface area (Å²) in [6.07, 6.45) is 0.399. The minimum absolute atomic E-state index is 0.00213. The Morgan fingerprint density at radius 3 is 2.23 bits per heavy atom. The largest absolute Gasteiger partial charge is 0.513 e. The number of halogens is 1. The van der Waals surface area contributed by atoms with Crippen molar-refractivity contribution in [2.75, 3.05) is 32.2 Å². The van der Waals surface area contributed by atoms with Crippen molar-refractivity contribution in [3.8, 4) is 17.2 Å².